The molecule has 0 aromatic heterocycles. The summed E-state index contributed by atoms with van der Waals surface area (Å²) in [5.74, 6) is 0. The molecule has 0 atom stereocenters. The van der Waals surface area contributed by atoms with Crippen LogP contribution in [0.2, 0.25) is 0 Å². The average Bonchev–Trinajstić information content (AvgIpc) is 2.27. The second-order valence-corrected chi connectivity index (χ2v) is 5.19. The number of unbranched alkanes of at least 4 members (excludes halogenated alkanes) is 1. The summed E-state index contributed by atoms with van der Waals surface area (Å²) in [6, 6.07) is 0.773. The van der Waals surface area contributed by atoms with Gasteiger partial charge in [-0.3, -0.25) is 0 Å². The van der Waals surface area contributed by atoms with Crippen molar-refractivity contribution in [2.45, 2.75) is 63.5 Å². The van der Waals surface area contributed by atoms with E-state index in [0.29, 0.717) is 0 Å². The lowest BCUT2D eigenvalue weighted by atomic mass is 9.78. The van der Waals surface area contributed by atoms with Crippen LogP contribution in [0.5, 0.6) is 0 Å². The Kier molecular flexibility index (Phi) is 5.07. The van der Waals surface area contributed by atoms with Gasteiger partial charge in [-0.1, -0.05) is 19.8 Å². The van der Waals surface area contributed by atoms with Gasteiger partial charge in [-0.25, -0.2) is 0 Å². The van der Waals surface area contributed by atoms with Crippen molar-refractivity contribution in [2.24, 2.45) is 0 Å². The van der Waals surface area contributed by atoms with E-state index in [1.54, 1.807) is 0 Å². The predicted molar refractivity (Wildman–Crippen MR) is 65.2 cm³/mol. The zero-order valence-corrected chi connectivity index (χ0v) is 10.9. The standard InChI is InChI=1S/C13H27NO/c1-5-6-9-13(15-4)10-7-12(8-11-13)14(2)3/h12H,5-11H2,1-4H3. The van der Waals surface area contributed by atoms with Crippen LogP contribution in [-0.4, -0.2) is 37.7 Å². The van der Waals surface area contributed by atoms with Crippen molar-refractivity contribution in [2.75, 3.05) is 21.2 Å². The molecular weight excluding hydrogens is 186 g/mol. The molecule has 1 rings (SSSR count). The Balaban J connectivity index is 2.43. The minimum absolute atomic E-state index is 0.211. The first-order valence-corrected chi connectivity index (χ1v) is 6.35. The van der Waals surface area contributed by atoms with E-state index in [1.807, 2.05) is 7.11 Å². The Morgan fingerprint density at radius 2 is 1.87 bits per heavy atom. The highest BCUT2D eigenvalue weighted by atomic mass is 16.5. The maximum atomic E-state index is 5.79. The zero-order valence-electron chi connectivity index (χ0n) is 10.9. The molecule has 90 valence electrons. The van der Waals surface area contributed by atoms with Crippen LogP contribution in [0.4, 0.5) is 0 Å². The van der Waals surface area contributed by atoms with Crippen molar-refractivity contribution in [3.05, 3.63) is 0 Å². The van der Waals surface area contributed by atoms with Crippen LogP contribution in [0, 0.1) is 0 Å². The number of methoxy groups -OCH3 is 1. The van der Waals surface area contributed by atoms with Crippen LogP contribution in [0.3, 0.4) is 0 Å². The largest absolute Gasteiger partial charge is 0.378 e. The smallest absolute Gasteiger partial charge is 0.0680 e. The van der Waals surface area contributed by atoms with E-state index in [2.05, 4.69) is 25.9 Å². The summed E-state index contributed by atoms with van der Waals surface area (Å²) in [6.45, 7) is 2.26. The lowest BCUT2D eigenvalue weighted by Gasteiger charge is -2.41. The van der Waals surface area contributed by atoms with Crippen LogP contribution in [0.15, 0.2) is 0 Å². The Bertz CT molecular complexity index is 171. The lowest BCUT2D eigenvalue weighted by Crippen LogP contribution is -2.42. The number of rotatable bonds is 5. The maximum Gasteiger partial charge on any atom is 0.0680 e. The quantitative estimate of drug-likeness (QED) is 0.696. The molecule has 1 fully saturated rings. The summed E-state index contributed by atoms with van der Waals surface area (Å²) in [4.78, 5) is 2.36. The molecule has 0 N–H and O–H groups in total. The topological polar surface area (TPSA) is 12.5 Å². The monoisotopic (exact) mass is 213 g/mol. The van der Waals surface area contributed by atoms with Crippen LogP contribution in [0.25, 0.3) is 0 Å². The second-order valence-electron chi connectivity index (χ2n) is 5.19. The van der Waals surface area contributed by atoms with Crippen molar-refractivity contribution in [1.82, 2.24) is 4.90 Å². The van der Waals surface area contributed by atoms with Gasteiger partial charge in [0.25, 0.3) is 0 Å². The Morgan fingerprint density at radius 1 is 1.27 bits per heavy atom. The molecule has 0 saturated heterocycles. The fourth-order valence-electron chi connectivity index (χ4n) is 2.70. The van der Waals surface area contributed by atoms with Gasteiger partial charge in [0.15, 0.2) is 0 Å². The summed E-state index contributed by atoms with van der Waals surface area (Å²) in [6.07, 6.45) is 8.91. The molecule has 0 aliphatic heterocycles. The van der Waals surface area contributed by atoms with Crippen molar-refractivity contribution >= 4 is 0 Å². The number of hydrogen-bond acceptors (Lipinski definition) is 2. The molecule has 0 bridgehead atoms. The van der Waals surface area contributed by atoms with E-state index in [-0.39, 0.29) is 5.60 Å². The molecule has 0 amide bonds. The van der Waals surface area contributed by atoms with Crippen LogP contribution in [-0.2, 0) is 4.74 Å². The Hall–Kier alpha value is -0.0800. The van der Waals surface area contributed by atoms with Gasteiger partial charge in [0.1, 0.15) is 0 Å². The van der Waals surface area contributed by atoms with Crippen molar-refractivity contribution < 1.29 is 4.74 Å². The molecule has 2 heteroatoms. The minimum atomic E-state index is 0.211. The van der Waals surface area contributed by atoms with Gasteiger partial charge in [-0.05, 0) is 46.2 Å². The average molecular weight is 213 g/mol. The summed E-state index contributed by atoms with van der Waals surface area (Å²) < 4.78 is 5.79. The highest BCUT2D eigenvalue weighted by Crippen LogP contribution is 2.36. The van der Waals surface area contributed by atoms with Gasteiger partial charge in [-0.2, -0.15) is 0 Å². The molecule has 0 radical (unpaired) electrons. The van der Waals surface area contributed by atoms with Gasteiger partial charge in [0.05, 0.1) is 5.60 Å². The van der Waals surface area contributed by atoms with Gasteiger partial charge < -0.3 is 9.64 Å². The first-order valence-electron chi connectivity index (χ1n) is 6.35. The van der Waals surface area contributed by atoms with Crippen LogP contribution < -0.4 is 0 Å². The fourth-order valence-corrected chi connectivity index (χ4v) is 2.70. The Morgan fingerprint density at radius 3 is 2.27 bits per heavy atom. The molecule has 0 heterocycles. The van der Waals surface area contributed by atoms with Crippen molar-refractivity contribution in [1.29, 1.82) is 0 Å². The summed E-state index contributed by atoms with van der Waals surface area (Å²) in [5, 5.41) is 0. The van der Waals surface area contributed by atoms with E-state index in [0.717, 1.165) is 6.04 Å². The van der Waals surface area contributed by atoms with Gasteiger partial charge >= 0.3 is 0 Å². The lowest BCUT2D eigenvalue weighted by molar-refractivity contribution is -0.0589. The molecule has 2 nitrogen and oxygen atoms in total. The third-order valence-electron chi connectivity index (χ3n) is 4.02. The predicted octanol–water partition coefficient (Wildman–Crippen LogP) is 3.07. The van der Waals surface area contributed by atoms with Crippen LogP contribution in [0.1, 0.15) is 51.9 Å². The first-order chi connectivity index (χ1) is 7.13. The number of nitrogens with zero attached hydrogens (tertiary/aromatic N) is 1. The van der Waals surface area contributed by atoms with E-state index in [9.17, 15) is 0 Å². The van der Waals surface area contributed by atoms with Crippen molar-refractivity contribution in [3.8, 4) is 0 Å². The van der Waals surface area contributed by atoms with E-state index in [4.69, 9.17) is 4.74 Å². The van der Waals surface area contributed by atoms with Crippen molar-refractivity contribution in [3.63, 3.8) is 0 Å². The van der Waals surface area contributed by atoms with E-state index < -0.39 is 0 Å². The SMILES string of the molecule is CCCCC1(OC)CCC(N(C)C)CC1. The normalized spacial score (nSPS) is 32.2. The molecule has 0 unspecified atom stereocenters. The maximum absolute atomic E-state index is 5.79. The molecule has 1 aliphatic rings. The highest BCUT2D eigenvalue weighted by Gasteiger charge is 2.35. The number of ether oxygens (including phenoxy) is 1. The zero-order chi connectivity index (χ0) is 11.3. The van der Waals surface area contributed by atoms with E-state index >= 15 is 0 Å². The van der Waals surface area contributed by atoms with Crippen LogP contribution >= 0.6 is 0 Å². The molecule has 1 aliphatic carbocycles. The fraction of sp³-hybridized carbons (Fsp3) is 1.00. The summed E-state index contributed by atoms with van der Waals surface area (Å²) in [5.41, 5.74) is 0.211. The van der Waals surface area contributed by atoms with Gasteiger partial charge in [-0.15, -0.1) is 0 Å². The molecular formula is C13H27NO. The molecule has 15 heavy (non-hydrogen) atoms. The third kappa shape index (κ3) is 3.46. The first kappa shape index (κ1) is 13.0. The van der Waals surface area contributed by atoms with E-state index in [1.165, 1.54) is 44.9 Å². The molecule has 0 aromatic rings. The molecule has 1 saturated carbocycles. The molecule has 0 spiro atoms. The minimum Gasteiger partial charge on any atom is -0.378 e. The third-order valence-corrected chi connectivity index (χ3v) is 4.02. The summed E-state index contributed by atoms with van der Waals surface area (Å²) >= 11 is 0. The second kappa shape index (κ2) is 5.86. The van der Waals surface area contributed by atoms with Gasteiger partial charge in [0.2, 0.25) is 0 Å². The summed E-state index contributed by atoms with van der Waals surface area (Å²) in [7, 11) is 6.28. The van der Waals surface area contributed by atoms with Gasteiger partial charge in [0, 0.05) is 13.2 Å². The number of hydrogen-bond donors (Lipinski definition) is 0. The molecule has 0 aromatic carbocycles. The Labute approximate surface area is 95.0 Å². The highest BCUT2D eigenvalue weighted by molar-refractivity contribution is 4.89.